The molecule has 1 saturated carbocycles. The highest BCUT2D eigenvalue weighted by atomic mass is 16.5. The maximum atomic E-state index is 9.17. The van der Waals surface area contributed by atoms with E-state index in [0.717, 1.165) is 23.2 Å². The minimum Gasteiger partial charge on any atom is -0.480 e. The van der Waals surface area contributed by atoms with Gasteiger partial charge in [-0.15, -0.1) is 0 Å². The van der Waals surface area contributed by atoms with Gasteiger partial charge in [0.2, 0.25) is 5.88 Å². The van der Waals surface area contributed by atoms with Gasteiger partial charge in [0.1, 0.15) is 6.07 Å². The molecule has 9 heteroatoms. The summed E-state index contributed by atoms with van der Waals surface area (Å²) in [5.41, 5.74) is 4.87. The predicted molar refractivity (Wildman–Crippen MR) is 106 cm³/mol. The van der Waals surface area contributed by atoms with Crippen LogP contribution in [0.3, 0.4) is 0 Å². The molecule has 30 heavy (non-hydrogen) atoms. The average molecular weight is 399 g/mol. The van der Waals surface area contributed by atoms with Gasteiger partial charge in [0, 0.05) is 36.5 Å². The maximum absolute atomic E-state index is 9.17. The minimum absolute atomic E-state index is 0.228. The average Bonchev–Trinajstić information content (AvgIpc) is 3.46. The molecule has 1 aliphatic carbocycles. The molecule has 0 saturated heterocycles. The number of rotatable bonds is 5. The fourth-order valence-corrected chi connectivity index (χ4v) is 3.75. The topological polar surface area (TPSA) is 111 Å². The monoisotopic (exact) mass is 399 g/mol. The van der Waals surface area contributed by atoms with Crippen LogP contribution in [0.5, 0.6) is 11.9 Å². The third-order valence-corrected chi connectivity index (χ3v) is 5.28. The first kappa shape index (κ1) is 18.0. The normalized spacial score (nSPS) is 17.5. The van der Waals surface area contributed by atoms with Crippen molar-refractivity contribution in [2.45, 2.75) is 18.3 Å². The summed E-state index contributed by atoms with van der Waals surface area (Å²) in [5, 5.41) is 13.8. The van der Waals surface area contributed by atoms with Crippen LogP contribution in [0.4, 0.5) is 0 Å². The molecule has 0 radical (unpaired) electrons. The second kappa shape index (κ2) is 7.08. The number of hydrogen-bond acceptors (Lipinski definition) is 8. The number of aromatic nitrogens is 6. The first-order valence-corrected chi connectivity index (χ1v) is 9.36. The van der Waals surface area contributed by atoms with E-state index in [0.29, 0.717) is 22.7 Å². The van der Waals surface area contributed by atoms with Crippen LogP contribution in [0.15, 0.2) is 43.1 Å². The highest BCUT2D eigenvalue weighted by Crippen LogP contribution is 2.55. The van der Waals surface area contributed by atoms with E-state index in [1.165, 1.54) is 7.11 Å². The highest BCUT2D eigenvalue weighted by Gasteiger charge is 2.41. The Morgan fingerprint density at radius 2 is 2.00 bits per heavy atom. The van der Waals surface area contributed by atoms with Crippen LogP contribution in [0.2, 0.25) is 0 Å². The Morgan fingerprint density at radius 1 is 1.10 bits per heavy atom. The van der Waals surface area contributed by atoms with E-state index >= 15 is 0 Å². The van der Waals surface area contributed by atoms with Crippen LogP contribution < -0.4 is 9.47 Å². The quantitative estimate of drug-likeness (QED) is 0.504. The van der Waals surface area contributed by atoms with Crippen molar-refractivity contribution in [1.82, 2.24) is 29.5 Å². The molecule has 2 atom stereocenters. The number of methoxy groups -OCH3 is 2. The molecule has 1 aliphatic rings. The number of hydrogen-bond donors (Lipinski definition) is 0. The van der Waals surface area contributed by atoms with E-state index in [1.54, 1.807) is 30.2 Å². The van der Waals surface area contributed by atoms with E-state index in [-0.39, 0.29) is 17.8 Å². The Morgan fingerprint density at radius 3 is 2.80 bits per heavy atom. The fraction of sp³-hybridized carbons (Fsp3) is 0.238. The van der Waals surface area contributed by atoms with Gasteiger partial charge in [-0.25, -0.2) is 14.5 Å². The zero-order valence-electron chi connectivity index (χ0n) is 16.4. The maximum Gasteiger partial charge on any atom is 0.319 e. The summed E-state index contributed by atoms with van der Waals surface area (Å²) in [6, 6.07) is 6.31. The number of nitriles is 1. The van der Waals surface area contributed by atoms with Gasteiger partial charge in [0.05, 0.1) is 31.0 Å². The van der Waals surface area contributed by atoms with Crippen LogP contribution in [0.1, 0.15) is 34.9 Å². The van der Waals surface area contributed by atoms with Crippen LogP contribution in [0.25, 0.3) is 16.9 Å². The highest BCUT2D eigenvalue weighted by molar-refractivity contribution is 5.68. The zero-order chi connectivity index (χ0) is 20.7. The molecule has 0 aromatic carbocycles. The van der Waals surface area contributed by atoms with E-state index in [1.807, 2.05) is 24.5 Å². The molecule has 148 valence electrons. The molecule has 9 nitrogen and oxygen atoms in total. The summed E-state index contributed by atoms with van der Waals surface area (Å²) in [4.78, 5) is 17.2. The summed E-state index contributed by atoms with van der Waals surface area (Å²) in [6.07, 6.45) is 9.55. The molecule has 0 N–H and O–H groups in total. The standard InChI is InChI=1S/C21H17N7O2/c1-29-20-17(11-25-21(26-20)30-2)18-7-16(19-24-3-4-28(19)27-18)15-6-14(15)13-5-12(8-22)9-23-10-13/h3-5,7,9-11,14-15H,6H2,1-2H3/t14-,15+/m1/s1. The molecule has 0 spiro atoms. The van der Waals surface area contributed by atoms with Crippen LogP contribution in [0, 0.1) is 11.3 Å². The molecule has 4 heterocycles. The van der Waals surface area contributed by atoms with E-state index in [4.69, 9.17) is 14.7 Å². The van der Waals surface area contributed by atoms with Crippen molar-refractivity contribution >= 4 is 5.65 Å². The minimum atomic E-state index is 0.228. The predicted octanol–water partition coefficient (Wildman–Crippen LogP) is 2.74. The van der Waals surface area contributed by atoms with Crippen molar-refractivity contribution < 1.29 is 9.47 Å². The third kappa shape index (κ3) is 2.99. The molecule has 0 aliphatic heterocycles. The van der Waals surface area contributed by atoms with Crippen molar-refractivity contribution in [2.75, 3.05) is 14.2 Å². The Kier molecular flexibility index (Phi) is 4.25. The lowest BCUT2D eigenvalue weighted by Crippen LogP contribution is -2.02. The van der Waals surface area contributed by atoms with E-state index in [2.05, 4.69) is 31.1 Å². The Hall–Kier alpha value is -4.06. The van der Waals surface area contributed by atoms with Crippen molar-refractivity contribution in [3.8, 4) is 29.2 Å². The number of ether oxygens (including phenoxy) is 2. The van der Waals surface area contributed by atoms with Crippen molar-refractivity contribution in [3.63, 3.8) is 0 Å². The SMILES string of the molecule is COc1ncc(-c2cc([C@H]3C[C@@H]3c3cncc(C#N)c3)c3nccn3n2)c(OC)n1. The summed E-state index contributed by atoms with van der Waals surface area (Å²) < 4.78 is 12.3. The van der Waals surface area contributed by atoms with Gasteiger partial charge < -0.3 is 9.47 Å². The lowest BCUT2D eigenvalue weighted by Gasteiger charge is -2.10. The largest absolute Gasteiger partial charge is 0.480 e. The van der Waals surface area contributed by atoms with Crippen molar-refractivity contribution in [2.24, 2.45) is 0 Å². The molecule has 1 fully saturated rings. The van der Waals surface area contributed by atoms with Gasteiger partial charge in [-0.05, 0) is 36.0 Å². The smallest absolute Gasteiger partial charge is 0.319 e. The Balaban J connectivity index is 1.58. The van der Waals surface area contributed by atoms with E-state index in [9.17, 15) is 0 Å². The van der Waals surface area contributed by atoms with Crippen LogP contribution in [-0.2, 0) is 0 Å². The first-order valence-electron chi connectivity index (χ1n) is 9.36. The van der Waals surface area contributed by atoms with Gasteiger partial charge in [-0.2, -0.15) is 15.3 Å². The number of nitrogens with zero attached hydrogens (tertiary/aromatic N) is 7. The molecular weight excluding hydrogens is 382 g/mol. The number of imidazole rings is 1. The zero-order valence-corrected chi connectivity index (χ0v) is 16.4. The van der Waals surface area contributed by atoms with Crippen molar-refractivity contribution in [1.29, 1.82) is 5.26 Å². The van der Waals surface area contributed by atoms with Gasteiger partial charge in [0.15, 0.2) is 5.65 Å². The van der Waals surface area contributed by atoms with Gasteiger partial charge in [-0.1, -0.05) is 0 Å². The van der Waals surface area contributed by atoms with Crippen LogP contribution in [-0.4, -0.2) is 43.8 Å². The van der Waals surface area contributed by atoms with E-state index < -0.39 is 0 Å². The molecule has 0 unspecified atom stereocenters. The number of fused-ring (bicyclic) bond motifs is 1. The molecule has 0 amide bonds. The summed E-state index contributed by atoms with van der Waals surface area (Å²) in [6.45, 7) is 0. The fourth-order valence-electron chi connectivity index (χ4n) is 3.75. The molecule has 4 aromatic heterocycles. The summed E-state index contributed by atoms with van der Waals surface area (Å²) >= 11 is 0. The van der Waals surface area contributed by atoms with Crippen molar-refractivity contribution in [3.05, 3.63) is 59.8 Å². The molecular formula is C21H17N7O2. The van der Waals surface area contributed by atoms with Gasteiger partial charge in [-0.3, -0.25) is 4.98 Å². The second-order valence-corrected chi connectivity index (χ2v) is 7.03. The summed E-state index contributed by atoms with van der Waals surface area (Å²) in [5.74, 6) is 0.936. The summed E-state index contributed by atoms with van der Waals surface area (Å²) in [7, 11) is 3.06. The molecule has 4 aromatic rings. The van der Waals surface area contributed by atoms with Crippen LogP contribution >= 0.6 is 0 Å². The third-order valence-electron chi connectivity index (χ3n) is 5.28. The molecule has 5 rings (SSSR count). The first-order chi connectivity index (χ1) is 14.7. The lowest BCUT2D eigenvalue weighted by molar-refractivity contribution is 0.353. The lowest BCUT2D eigenvalue weighted by atomic mass is 10.0. The second-order valence-electron chi connectivity index (χ2n) is 7.03. The Labute approximate surface area is 172 Å². The number of pyridine rings is 1. The van der Waals surface area contributed by atoms with Gasteiger partial charge in [0.25, 0.3) is 0 Å². The van der Waals surface area contributed by atoms with Gasteiger partial charge >= 0.3 is 6.01 Å². The molecule has 0 bridgehead atoms. The Bertz CT molecular complexity index is 1290.